The summed E-state index contributed by atoms with van der Waals surface area (Å²) in [4.78, 5) is 5.85. The quantitative estimate of drug-likeness (QED) is 0.652. The third-order valence-electron chi connectivity index (χ3n) is 1.54. The number of benzene rings is 1. The van der Waals surface area contributed by atoms with Gasteiger partial charge in [-0.2, -0.15) is 0 Å². The second-order valence-corrected chi connectivity index (χ2v) is 3.64. The van der Waals surface area contributed by atoms with Crippen LogP contribution in [0.4, 0.5) is 0 Å². The van der Waals surface area contributed by atoms with Gasteiger partial charge in [0.2, 0.25) is 0 Å². The molecular formula is C7H4Cl2N2S. The Balaban J connectivity index is 2.97. The summed E-state index contributed by atoms with van der Waals surface area (Å²) in [5, 5.41) is 1.17. The molecule has 1 aromatic carbocycles. The van der Waals surface area contributed by atoms with Crippen molar-refractivity contribution in [1.82, 2.24) is 9.97 Å². The molecule has 0 saturated carbocycles. The molecule has 2 N–H and O–H groups in total. The summed E-state index contributed by atoms with van der Waals surface area (Å²) >= 11 is 16.6. The third kappa shape index (κ3) is 1.24. The van der Waals surface area contributed by atoms with Gasteiger partial charge in [-0.15, -0.1) is 0 Å². The van der Waals surface area contributed by atoms with E-state index in [1.807, 2.05) is 0 Å². The first-order valence-electron chi connectivity index (χ1n) is 3.24. The van der Waals surface area contributed by atoms with Gasteiger partial charge in [0.05, 0.1) is 16.1 Å². The molecule has 2 rings (SSSR count). The maximum absolute atomic E-state index is 5.89. The smallest absolute Gasteiger partial charge is 0.175 e. The van der Waals surface area contributed by atoms with Crippen molar-refractivity contribution in [2.75, 3.05) is 0 Å². The Morgan fingerprint density at radius 2 is 1.92 bits per heavy atom. The van der Waals surface area contributed by atoms with Gasteiger partial charge in [0.25, 0.3) is 0 Å². The molecule has 0 saturated heterocycles. The van der Waals surface area contributed by atoms with Gasteiger partial charge in [-0.25, -0.2) is 0 Å². The van der Waals surface area contributed by atoms with Crippen LogP contribution in [0.2, 0.25) is 10.0 Å². The molecule has 1 heterocycles. The topological polar surface area (TPSA) is 31.6 Å². The predicted molar refractivity (Wildman–Crippen MR) is 53.5 cm³/mol. The van der Waals surface area contributed by atoms with E-state index in [1.165, 1.54) is 0 Å². The Kier molecular flexibility index (Phi) is 1.87. The molecule has 1 aromatic heterocycles. The maximum atomic E-state index is 5.89. The van der Waals surface area contributed by atoms with E-state index in [0.717, 1.165) is 11.0 Å². The Morgan fingerprint density at radius 3 is 2.67 bits per heavy atom. The fourth-order valence-corrected chi connectivity index (χ4v) is 1.82. The van der Waals surface area contributed by atoms with Crippen molar-refractivity contribution in [2.24, 2.45) is 0 Å². The molecule has 0 aliphatic rings. The van der Waals surface area contributed by atoms with Crippen LogP contribution in [-0.4, -0.2) is 9.97 Å². The first-order chi connectivity index (χ1) is 5.66. The Labute approximate surface area is 83.5 Å². The van der Waals surface area contributed by atoms with Crippen molar-refractivity contribution in [3.05, 3.63) is 26.9 Å². The highest BCUT2D eigenvalue weighted by Crippen LogP contribution is 2.25. The maximum Gasteiger partial charge on any atom is 0.175 e. The molecule has 0 aliphatic carbocycles. The molecule has 0 unspecified atom stereocenters. The number of imidazole rings is 1. The third-order valence-corrected chi connectivity index (χ3v) is 2.26. The van der Waals surface area contributed by atoms with Crippen LogP contribution in [0.3, 0.4) is 0 Å². The number of nitrogens with one attached hydrogen (secondary N) is 2. The highest BCUT2D eigenvalue weighted by molar-refractivity contribution is 7.71. The Bertz CT molecular complexity index is 486. The number of aromatic nitrogens is 2. The van der Waals surface area contributed by atoms with E-state index >= 15 is 0 Å². The molecule has 5 heteroatoms. The summed E-state index contributed by atoms with van der Waals surface area (Å²) in [5.41, 5.74) is 1.63. The summed E-state index contributed by atoms with van der Waals surface area (Å²) in [5.74, 6) is 0. The Morgan fingerprint density at radius 1 is 1.17 bits per heavy atom. The zero-order valence-electron chi connectivity index (χ0n) is 5.82. The van der Waals surface area contributed by atoms with Crippen molar-refractivity contribution < 1.29 is 0 Å². The van der Waals surface area contributed by atoms with Crippen LogP contribution < -0.4 is 0 Å². The average Bonchev–Trinajstić information content (AvgIpc) is 2.29. The molecule has 0 radical (unpaired) electrons. The first-order valence-corrected chi connectivity index (χ1v) is 4.40. The highest BCUT2D eigenvalue weighted by Gasteiger charge is 2.02. The van der Waals surface area contributed by atoms with Gasteiger partial charge in [0, 0.05) is 5.02 Å². The molecule has 2 aromatic rings. The lowest BCUT2D eigenvalue weighted by Gasteiger charge is -1.93. The minimum Gasteiger partial charge on any atom is -0.331 e. The van der Waals surface area contributed by atoms with Crippen LogP contribution in [0.5, 0.6) is 0 Å². The van der Waals surface area contributed by atoms with Crippen LogP contribution in [0.15, 0.2) is 12.1 Å². The lowest BCUT2D eigenvalue weighted by atomic mass is 10.3. The SMILES string of the molecule is S=c1[nH]c2cc(Cl)cc(Cl)c2[nH]1. The monoisotopic (exact) mass is 218 g/mol. The van der Waals surface area contributed by atoms with Crippen molar-refractivity contribution in [2.45, 2.75) is 0 Å². The summed E-state index contributed by atoms with van der Waals surface area (Å²) in [7, 11) is 0. The summed E-state index contributed by atoms with van der Waals surface area (Å²) in [6, 6.07) is 3.44. The average molecular weight is 219 g/mol. The second kappa shape index (κ2) is 2.76. The fraction of sp³-hybridized carbons (Fsp3) is 0. The van der Waals surface area contributed by atoms with Crippen molar-refractivity contribution in [1.29, 1.82) is 0 Å². The minimum absolute atomic E-state index is 0.550. The first kappa shape index (κ1) is 8.10. The highest BCUT2D eigenvalue weighted by atomic mass is 35.5. The number of aromatic amines is 2. The number of halogens is 2. The van der Waals surface area contributed by atoms with Crippen LogP contribution in [0.25, 0.3) is 11.0 Å². The largest absolute Gasteiger partial charge is 0.331 e. The van der Waals surface area contributed by atoms with Crippen LogP contribution in [0, 0.1) is 4.77 Å². The number of hydrogen-bond acceptors (Lipinski definition) is 1. The van der Waals surface area contributed by atoms with Crippen LogP contribution >= 0.6 is 35.4 Å². The lowest BCUT2D eigenvalue weighted by molar-refractivity contribution is 1.30. The lowest BCUT2D eigenvalue weighted by Crippen LogP contribution is -1.71. The number of hydrogen-bond donors (Lipinski definition) is 2. The standard InChI is InChI=1S/C7H4Cl2N2S/c8-3-1-4(9)6-5(2-3)10-7(12)11-6/h1-2H,(H2,10,11,12). The van der Waals surface area contributed by atoms with Crippen LogP contribution in [0.1, 0.15) is 0 Å². The molecule has 2 nitrogen and oxygen atoms in total. The molecule has 0 fully saturated rings. The summed E-state index contributed by atoms with van der Waals surface area (Å²) in [6.45, 7) is 0. The zero-order chi connectivity index (χ0) is 8.72. The van der Waals surface area contributed by atoms with Crippen molar-refractivity contribution >= 4 is 46.5 Å². The molecule has 0 bridgehead atoms. The molecule has 0 aliphatic heterocycles. The van der Waals surface area contributed by atoms with Crippen molar-refractivity contribution in [3.8, 4) is 0 Å². The molecular weight excluding hydrogens is 215 g/mol. The number of H-pyrrole nitrogens is 2. The van der Waals surface area contributed by atoms with E-state index in [0.29, 0.717) is 14.8 Å². The van der Waals surface area contributed by atoms with E-state index in [4.69, 9.17) is 35.4 Å². The predicted octanol–water partition coefficient (Wildman–Crippen LogP) is 3.53. The second-order valence-electron chi connectivity index (χ2n) is 2.39. The van der Waals surface area contributed by atoms with Gasteiger partial charge in [0.1, 0.15) is 0 Å². The van der Waals surface area contributed by atoms with Gasteiger partial charge in [0.15, 0.2) is 4.77 Å². The molecule has 0 amide bonds. The van der Waals surface area contributed by atoms with E-state index in [2.05, 4.69) is 9.97 Å². The summed E-state index contributed by atoms with van der Waals surface area (Å²) < 4.78 is 0.550. The van der Waals surface area contributed by atoms with Gasteiger partial charge in [-0.3, -0.25) is 0 Å². The molecule has 0 spiro atoms. The molecule has 12 heavy (non-hydrogen) atoms. The minimum atomic E-state index is 0.550. The van der Waals surface area contributed by atoms with E-state index < -0.39 is 0 Å². The van der Waals surface area contributed by atoms with Gasteiger partial charge in [-0.05, 0) is 24.4 Å². The number of fused-ring (bicyclic) bond motifs is 1. The number of rotatable bonds is 0. The zero-order valence-corrected chi connectivity index (χ0v) is 8.15. The van der Waals surface area contributed by atoms with E-state index in [1.54, 1.807) is 12.1 Å². The van der Waals surface area contributed by atoms with E-state index in [-0.39, 0.29) is 0 Å². The van der Waals surface area contributed by atoms with Gasteiger partial charge in [-0.1, -0.05) is 23.2 Å². The fourth-order valence-electron chi connectivity index (χ4n) is 1.07. The Hall–Kier alpha value is -0.510. The molecule has 62 valence electrons. The molecule has 0 atom stereocenters. The van der Waals surface area contributed by atoms with Crippen molar-refractivity contribution in [3.63, 3.8) is 0 Å². The van der Waals surface area contributed by atoms with Crippen LogP contribution in [-0.2, 0) is 0 Å². The van der Waals surface area contributed by atoms with Gasteiger partial charge < -0.3 is 9.97 Å². The van der Waals surface area contributed by atoms with E-state index in [9.17, 15) is 0 Å². The van der Waals surface area contributed by atoms with Gasteiger partial charge >= 0.3 is 0 Å². The normalized spacial score (nSPS) is 10.8. The summed E-state index contributed by atoms with van der Waals surface area (Å²) in [6.07, 6.45) is 0.